The highest BCUT2D eigenvalue weighted by Crippen LogP contribution is 2.31. The fourth-order valence-corrected chi connectivity index (χ4v) is 3.54. The number of aromatic nitrogens is 2. The Morgan fingerprint density at radius 2 is 1.84 bits per heavy atom. The third-order valence-electron chi connectivity index (χ3n) is 3.97. The summed E-state index contributed by atoms with van der Waals surface area (Å²) in [6.07, 6.45) is 2.89. The van der Waals surface area contributed by atoms with Gasteiger partial charge in [-0.15, -0.1) is 0 Å². The van der Waals surface area contributed by atoms with Crippen molar-refractivity contribution >= 4 is 38.8 Å². The van der Waals surface area contributed by atoms with E-state index < -0.39 is 17.7 Å². The number of carbonyl (C=O) groups is 2. The molecule has 0 radical (unpaired) electrons. The number of fused-ring (bicyclic) bond motifs is 1. The summed E-state index contributed by atoms with van der Waals surface area (Å²) in [6.45, 7) is 5.86. The van der Waals surface area contributed by atoms with Crippen LogP contribution < -0.4 is 20.7 Å². The van der Waals surface area contributed by atoms with Gasteiger partial charge >= 0.3 is 12.1 Å². The number of benzene rings is 1. The predicted octanol–water partition coefficient (Wildman–Crippen LogP) is 4.01. The number of methoxy groups -OCH3 is 1. The van der Waals surface area contributed by atoms with Crippen LogP contribution in [0.3, 0.4) is 0 Å². The smallest absolute Gasteiger partial charge is 0.407 e. The maximum atomic E-state index is 12.1. The van der Waals surface area contributed by atoms with Crippen LogP contribution in [0.25, 0.3) is 21.3 Å². The number of pyridine rings is 1. The molecule has 3 N–H and O–H groups in total. The first kappa shape index (κ1) is 22.3. The summed E-state index contributed by atoms with van der Waals surface area (Å²) in [6, 6.07) is 7.35. The fourth-order valence-electron chi connectivity index (χ4n) is 2.64. The molecule has 3 rings (SSSR count). The number of amides is 3. The van der Waals surface area contributed by atoms with Crippen molar-refractivity contribution in [3.05, 3.63) is 36.7 Å². The number of nitrogens with one attached hydrogen (secondary N) is 3. The number of hydrogen-bond donors (Lipinski definition) is 3. The molecule has 0 fully saturated rings. The highest BCUT2D eigenvalue weighted by Gasteiger charge is 2.15. The molecule has 0 saturated heterocycles. The second-order valence-corrected chi connectivity index (χ2v) is 8.66. The maximum Gasteiger partial charge on any atom is 0.407 e. The summed E-state index contributed by atoms with van der Waals surface area (Å²) in [4.78, 5) is 32.3. The molecule has 9 nitrogen and oxygen atoms in total. The third kappa shape index (κ3) is 6.54. The maximum absolute atomic E-state index is 12.1. The molecule has 0 spiro atoms. The molecular formula is C21H25N5O4S. The van der Waals surface area contributed by atoms with Crippen molar-refractivity contribution in [2.75, 3.05) is 25.5 Å². The Morgan fingerprint density at radius 3 is 2.58 bits per heavy atom. The minimum absolute atomic E-state index is 0.250. The highest BCUT2D eigenvalue weighted by molar-refractivity contribution is 7.22. The molecule has 0 aliphatic rings. The lowest BCUT2D eigenvalue weighted by Gasteiger charge is -2.19. The van der Waals surface area contributed by atoms with E-state index in [1.165, 1.54) is 11.3 Å². The molecule has 0 saturated carbocycles. The zero-order chi connectivity index (χ0) is 22.4. The van der Waals surface area contributed by atoms with Crippen molar-refractivity contribution in [2.45, 2.75) is 26.4 Å². The molecule has 3 aromatic rings. The topological polar surface area (TPSA) is 114 Å². The molecule has 2 aromatic heterocycles. The Morgan fingerprint density at radius 1 is 1.06 bits per heavy atom. The van der Waals surface area contributed by atoms with E-state index in [9.17, 15) is 9.59 Å². The van der Waals surface area contributed by atoms with Crippen molar-refractivity contribution < 1.29 is 19.1 Å². The Labute approximate surface area is 184 Å². The molecular weight excluding hydrogens is 418 g/mol. The van der Waals surface area contributed by atoms with Gasteiger partial charge in [-0.1, -0.05) is 17.4 Å². The van der Waals surface area contributed by atoms with Gasteiger partial charge in [0.05, 0.1) is 23.5 Å². The van der Waals surface area contributed by atoms with Gasteiger partial charge < -0.3 is 20.1 Å². The van der Waals surface area contributed by atoms with Gasteiger partial charge in [-0.3, -0.25) is 10.3 Å². The monoisotopic (exact) mass is 443 g/mol. The van der Waals surface area contributed by atoms with Crippen LogP contribution in [0.1, 0.15) is 20.8 Å². The lowest BCUT2D eigenvalue weighted by Crippen LogP contribution is -2.39. The molecule has 10 heteroatoms. The van der Waals surface area contributed by atoms with Crippen molar-refractivity contribution in [1.82, 2.24) is 20.6 Å². The Bertz CT molecular complexity index is 1080. The average Bonchev–Trinajstić information content (AvgIpc) is 3.11. The largest absolute Gasteiger partial charge is 0.495 e. The van der Waals surface area contributed by atoms with Crippen LogP contribution in [0.5, 0.6) is 5.75 Å². The van der Waals surface area contributed by atoms with Gasteiger partial charge in [-0.25, -0.2) is 14.6 Å². The molecule has 0 aliphatic carbocycles. The van der Waals surface area contributed by atoms with Gasteiger partial charge in [0.1, 0.15) is 11.4 Å². The quantitative estimate of drug-likeness (QED) is 0.496. The summed E-state index contributed by atoms with van der Waals surface area (Å²) in [7, 11) is 1.60. The first-order valence-corrected chi connectivity index (χ1v) is 10.5. The number of rotatable bonds is 6. The van der Waals surface area contributed by atoms with Crippen LogP contribution >= 0.6 is 11.3 Å². The van der Waals surface area contributed by atoms with Crippen LogP contribution in [0.2, 0.25) is 0 Å². The lowest BCUT2D eigenvalue weighted by molar-refractivity contribution is 0.0528. The summed E-state index contributed by atoms with van der Waals surface area (Å²) >= 11 is 1.37. The Balaban J connectivity index is 1.54. The molecule has 0 aliphatic heterocycles. The zero-order valence-corrected chi connectivity index (χ0v) is 18.6. The van der Waals surface area contributed by atoms with Crippen LogP contribution in [-0.2, 0) is 4.74 Å². The van der Waals surface area contributed by atoms with Crippen LogP contribution in [0.15, 0.2) is 36.7 Å². The normalized spacial score (nSPS) is 11.1. The number of anilines is 1. The van der Waals surface area contributed by atoms with Gasteiger partial charge in [0, 0.05) is 24.8 Å². The minimum atomic E-state index is -0.565. The van der Waals surface area contributed by atoms with E-state index in [1.807, 2.05) is 24.3 Å². The molecule has 1 aromatic carbocycles. The first-order chi connectivity index (χ1) is 14.7. The summed E-state index contributed by atoms with van der Waals surface area (Å²) in [5.74, 6) is 0.682. The Hall–Kier alpha value is -3.40. The zero-order valence-electron chi connectivity index (χ0n) is 17.8. The Kier molecular flexibility index (Phi) is 6.91. The van der Waals surface area contributed by atoms with E-state index in [0.29, 0.717) is 10.9 Å². The second-order valence-electron chi connectivity index (χ2n) is 7.62. The van der Waals surface area contributed by atoms with E-state index >= 15 is 0 Å². The van der Waals surface area contributed by atoms with Gasteiger partial charge in [-0.2, -0.15) is 0 Å². The number of urea groups is 1. The molecule has 0 unspecified atom stereocenters. The van der Waals surface area contributed by atoms with Crippen molar-refractivity contribution in [3.63, 3.8) is 0 Å². The van der Waals surface area contributed by atoms with Crippen LogP contribution in [-0.4, -0.2) is 47.9 Å². The lowest BCUT2D eigenvalue weighted by atomic mass is 10.1. The molecule has 31 heavy (non-hydrogen) atoms. The van der Waals surface area contributed by atoms with E-state index in [0.717, 1.165) is 21.3 Å². The van der Waals surface area contributed by atoms with Crippen molar-refractivity contribution in [2.24, 2.45) is 0 Å². The van der Waals surface area contributed by atoms with Crippen LogP contribution in [0.4, 0.5) is 14.7 Å². The van der Waals surface area contributed by atoms with E-state index in [-0.39, 0.29) is 13.1 Å². The highest BCUT2D eigenvalue weighted by atomic mass is 32.1. The second kappa shape index (κ2) is 9.61. The van der Waals surface area contributed by atoms with E-state index in [4.69, 9.17) is 9.47 Å². The van der Waals surface area contributed by atoms with Crippen molar-refractivity contribution in [3.8, 4) is 16.9 Å². The van der Waals surface area contributed by atoms with Gasteiger partial charge in [-0.05, 0) is 44.5 Å². The predicted molar refractivity (Wildman–Crippen MR) is 121 cm³/mol. The summed E-state index contributed by atoms with van der Waals surface area (Å²) < 4.78 is 11.3. The van der Waals surface area contributed by atoms with Gasteiger partial charge in [0.2, 0.25) is 0 Å². The number of nitrogens with zero attached hydrogens (tertiary/aromatic N) is 2. The number of alkyl carbamates (subject to hydrolysis) is 1. The van der Waals surface area contributed by atoms with E-state index in [1.54, 1.807) is 40.3 Å². The molecule has 3 amide bonds. The van der Waals surface area contributed by atoms with Gasteiger partial charge in [0.15, 0.2) is 5.13 Å². The van der Waals surface area contributed by atoms with E-state index in [2.05, 4.69) is 25.9 Å². The third-order valence-corrected chi connectivity index (χ3v) is 4.90. The molecule has 164 valence electrons. The standard InChI is InChI=1S/C21H25N5O4S/c1-21(2,3)30-20(28)24-8-7-23-18(27)26-19-25-16-6-5-13(10-17(16)31-19)14-9-15(29-4)12-22-11-14/h5-6,9-12H,7-8H2,1-4H3,(H,24,28)(H2,23,25,26,27). The molecule has 2 heterocycles. The number of thiazole rings is 1. The van der Waals surface area contributed by atoms with Gasteiger partial charge in [0.25, 0.3) is 0 Å². The number of carbonyl (C=O) groups excluding carboxylic acids is 2. The van der Waals surface area contributed by atoms with Crippen LogP contribution in [0, 0.1) is 0 Å². The van der Waals surface area contributed by atoms with Crippen molar-refractivity contribution in [1.29, 1.82) is 0 Å². The summed E-state index contributed by atoms with van der Waals surface area (Å²) in [5.41, 5.74) is 2.13. The first-order valence-electron chi connectivity index (χ1n) is 9.65. The average molecular weight is 444 g/mol. The molecule has 0 bridgehead atoms. The number of ether oxygens (including phenoxy) is 2. The fraction of sp³-hybridized carbons (Fsp3) is 0.333. The summed E-state index contributed by atoms with van der Waals surface area (Å²) in [5, 5.41) is 8.44. The minimum Gasteiger partial charge on any atom is -0.495 e. The molecule has 0 atom stereocenters. The SMILES string of the molecule is COc1cncc(-c2ccc3nc(NC(=O)NCCNC(=O)OC(C)(C)C)sc3c2)c1. The number of hydrogen-bond acceptors (Lipinski definition) is 7.